The number of carbonyl (C=O) groups excluding carboxylic acids is 1. The molecular weight excluding hydrogens is 112 g/mol. The molecule has 5 heteroatoms. The van der Waals surface area contributed by atoms with Crippen molar-refractivity contribution in [1.82, 2.24) is 0 Å². The Morgan fingerprint density at radius 2 is 1.38 bits per heavy atom. The average molecular weight is 120 g/mol. The van der Waals surface area contributed by atoms with E-state index < -0.39 is 6.03 Å². The SMILES string of the molecule is NC(N)=O.O/C=C/O. The smallest absolute Gasteiger partial charge is 0.309 e. The van der Waals surface area contributed by atoms with Gasteiger partial charge in [0.25, 0.3) is 0 Å². The fourth-order valence-corrected chi connectivity index (χ4v) is 0. The Morgan fingerprint density at radius 3 is 1.38 bits per heavy atom. The molecule has 0 radical (unpaired) electrons. The molecule has 0 saturated heterocycles. The third-order valence-corrected chi connectivity index (χ3v) is 0.0667. The number of aliphatic hydroxyl groups excluding tert-OH is 2. The van der Waals surface area contributed by atoms with Gasteiger partial charge in [-0.15, -0.1) is 0 Å². The maximum absolute atomic E-state index is 9.00. The van der Waals surface area contributed by atoms with Gasteiger partial charge in [0.05, 0.1) is 0 Å². The molecule has 0 aliphatic heterocycles. The molecule has 0 aromatic carbocycles. The predicted molar refractivity (Wildman–Crippen MR) is 28.2 cm³/mol. The van der Waals surface area contributed by atoms with E-state index in [4.69, 9.17) is 15.0 Å². The molecule has 0 heterocycles. The Bertz CT molecular complexity index is 72.6. The first-order valence-electron chi connectivity index (χ1n) is 1.63. The second-order valence-electron chi connectivity index (χ2n) is 0.701. The van der Waals surface area contributed by atoms with Crippen LogP contribution in [0, 0.1) is 0 Å². The van der Waals surface area contributed by atoms with Crippen LogP contribution in [-0.4, -0.2) is 16.2 Å². The van der Waals surface area contributed by atoms with E-state index in [1.807, 2.05) is 0 Å². The van der Waals surface area contributed by atoms with Crippen molar-refractivity contribution in [1.29, 1.82) is 0 Å². The van der Waals surface area contributed by atoms with Crippen LogP contribution in [0.3, 0.4) is 0 Å². The Labute approximate surface area is 46.2 Å². The molecular formula is C3H8N2O3. The first-order chi connectivity index (χ1) is 3.65. The summed E-state index contributed by atoms with van der Waals surface area (Å²) >= 11 is 0. The first kappa shape index (κ1) is 9.79. The molecule has 0 unspecified atom stereocenters. The number of aliphatic hydroxyl groups is 2. The van der Waals surface area contributed by atoms with Crippen LogP contribution in [0.15, 0.2) is 12.5 Å². The lowest BCUT2D eigenvalue weighted by molar-refractivity contribution is 0.256. The highest BCUT2D eigenvalue weighted by Crippen LogP contribution is 1.44. The van der Waals surface area contributed by atoms with Gasteiger partial charge in [0.1, 0.15) is 12.5 Å². The molecule has 0 aromatic heterocycles. The van der Waals surface area contributed by atoms with Crippen molar-refractivity contribution in [2.75, 3.05) is 0 Å². The Morgan fingerprint density at radius 1 is 1.25 bits per heavy atom. The van der Waals surface area contributed by atoms with Crippen LogP contribution in [0.2, 0.25) is 0 Å². The summed E-state index contributed by atoms with van der Waals surface area (Å²) in [6.07, 6.45) is 1.11. The summed E-state index contributed by atoms with van der Waals surface area (Å²) in [5, 5.41) is 14.9. The second-order valence-corrected chi connectivity index (χ2v) is 0.701. The molecule has 8 heavy (non-hydrogen) atoms. The van der Waals surface area contributed by atoms with Crippen molar-refractivity contribution in [2.45, 2.75) is 0 Å². The number of hydrogen-bond donors (Lipinski definition) is 4. The largest absolute Gasteiger partial charge is 0.512 e. The molecule has 0 aliphatic carbocycles. The highest BCUT2D eigenvalue weighted by atomic mass is 16.3. The fraction of sp³-hybridized carbons (Fsp3) is 0. The number of nitrogens with two attached hydrogens (primary N) is 2. The van der Waals surface area contributed by atoms with Gasteiger partial charge in [-0.05, 0) is 0 Å². The zero-order chi connectivity index (χ0) is 6.99. The number of urea groups is 1. The van der Waals surface area contributed by atoms with Crippen LogP contribution in [0.4, 0.5) is 4.79 Å². The summed E-state index contributed by atoms with van der Waals surface area (Å²) in [5.41, 5.74) is 8.50. The molecule has 6 N–H and O–H groups in total. The third kappa shape index (κ3) is 395. The van der Waals surface area contributed by atoms with Gasteiger partial charge in [-0.1, -0.05) is 0 Å². The van der Waals surface area contributed by atoms with Gasteiger partial charge in [-0.3, -0.25) is 0 Å². The second kappa shape index (κ2) is 9.15. The maximum atomic E-state index is 9.00. The van der Waals surface area contributed by atoms with Crippen LogP contribution >= 0.6 is 0 Å². The lowest BCUT2D eigenvalue weighted by Gasteiger charge is -1.62. The van der Waals surface area contributed by atoms with Crippen molar-refractivity contribution in [3.05, 3.63) is 12.5 Å². The number of rotatable bonds is 0. The summed E-state index contributed by atoms with van der Waals surface area (Å²) < 4.78 is 0. The zero-order valence-corrected chi connectivity index (χ0v) is 4.11. The molecule has 5 nitrogen and oxygen atoms in total. The van der Waals surface area contributed by atoms with Crippen LogP contribution in [0.25, 0.3) is 0 Å². The molecule has 0 saturated carbocycles. The van der Waals surface area contributed by atoms with Gasteiger partial charge in [0, 0.05) is 0 Å². The maximum Gasteiger partial charge on any atom is 0.309 e. The van der Waals surface area contributed by atoms with Crippen molar-refractivity contribution in [2.24, 2.45) is 11.5 Å². The summed E-state index contributed by atoms with van der Waals surface area (Å²) in [6.45, 7) is 0. The van der Waals surface area contributed by atoms with Gasteiger partial charge in [-0.25, -0.2) is 4.79 Å². The van der Waals surface area contributed by atoms with E-state index >= 15 is 0 Å². The standard InChI is InChI=1S/C2H4O2.CH4N2O/c3-1-2-4;2-1(3)4/h1-4H;(H4,2,3,4)/b2-1+;. The van der Waals surface area contributed by atoms with E-state index in [-0.39, 0.29) is 0 Å². The average Bonchev–Trinajstić information content (AvgIpc) is 1.65. The van der Waals surface area contributed by atoms with E-state index in [0.717, 1.165) is 0 Å². The summed E-state index contributed by atoms with van der Waals surface area (Å²) in [5.74, 6) is 0. The number of hydrogen-bond acceptors (Lipinski definition) is 3. The van der Waals surface area contributed by atoms with E-state index in [9.17, 15) is 0 Å². The lowest BCUT2D eigenvalue weighted by atomic mass is 11.1. The van der Waals surface area contributed by atoms with Gasteiger partial charge < -0.3 is 21.7 Å². The van der Waals surface area contributed by atoms with Crippen LogP contribution in [-0.2, 0) is 0 Å². The van der Waals surface area contributed by atoms with Crippen molar-refractivity contribution >= 4 is 6.03 Å². The molecule has 2 amide bonds. The highest BCUT2D eigenvalue weighted by Gasteiger charge is 1.60. The predicted octanol–water partition coefficient (Wildman–Crippen LogP) is -0.403. The van der Waals surface area contributed by atoms with Crippen molar-refractivity contribution in [3.63, 3.8) is 0 Å². The van der Waals surface area contributed by atoms with Gasteiger partial charge >= 0.3 is 6.03 Å². The van der Waals surface area contributed by atoms with E-state index in [2.05, 4.69) is 11.5 Å². The molecule has 0 aromatic rings. The lowest BCUT2D eigenvalue weighted by Crippen LogP contribution is -2.18. The minimum atomic E-state index is -0.833. The Balaban J connectivity index is 0. The normalized spacial score (nSPS) is 7.50. The molecule has 48 valence electrons. The van der Waals surface area contributed by atoms with Gasteiger partial charge in [-0.2, -0.15) is 0 Å². The minimum absolute atomic E-state index is 0.556. The van der Waals surface area contributed by atoms with E-state index in [1.54, 1.807) is 0 Å². The summed E-state index contributed by atoms with van der Waals surface area (Å²) in [6, 6.07) is -0.833. The van der Waals surface area contributed by atoms with Crippen LogP contribution < -0.4 is 11.5 Å². The number of primary amides is 2. The summed E-state index contributed by atoms with van der Waals surface area (Å²) in [7, 11) is 0. The molecule has 0 atom stereocenters. The quantitative estimate of drug-likeness (QED) is 0.326. The summed E-state index contributed by atoms with van der Waals surface area (Å²) in [4.78, 5) is 9.00. The number of carbonyl (C=O) groups is 1. The monoisotopic (exact) mass is 120 g/mol. The molecule has 0 spiro atoms. The van der Waals surface area contributed by atoms with E-state index in [0.29, 0.717) is 12.5 Å². The minimum Gasteiger partial charge on any atom is -0.512 e. The van der Waals surface area contributed by atoms with E-state index in [1.165, 1.54) is 0 Å². The zero-order valence-electron chi connectivity index (χ0n) is 4.11. The van der Waals surface area contributed by atoms with Crippen molar-refractivity contribution in [3.8, 4) is 0 Å². The first-order valence-corrected chi connectivity index (χ1v) is 1.63. The third-order valence-electron chi connectivity index (χ3n) is 0.0667. The topological polar surface area (TPSA) is 110 Å². The molecule has 0 fully saturated rings. The molecule has 0 aliphatic rings. The molecule has 0 bridgehead atoms. The van der Waals surface area contributed by atoms with Gasteiger partial charge in [0.15, 0.2) is 0 Å². The Hall–Kier alpha value is -1.39. The van der Waals surface area contributed by atoms with Crippen LogP contribution in [0.1, 0.15) is 0 Å². The van der Waals surface area contributed by atoms with Gasteiger partial charge in [0.2, 0.25) is 0 Å². The number of amides is 2. The fourth-order valence-electron chi connectivity index (χ4n) is 0. The highest BCUT2D eigenvalue weighted by molar-refractivity contribution is 5.69. The Kier molecular flexibility index (Phi) is 11.2. The molecule has 0 rings (SSSR count). The van der Waals surface area contributed by atoms with Crippen molar-refractivity contribution < 1.29 is 15.0 Å². The van der Waals surface area contributed by atoms with Crippen LogP contribution in [0.5, 0.6) is 0 Å².